The molecular weight excluding hydrogens is 224 g/mol. The number of rotatable bonds is 5. The number of sulfonamides is 1. The summed E-state index contributed by atoms with van der Waals surface area (Å²) in [4.78, 5) is 0. The first-order valence-corrected chi connectivity index (χ1v) is 7.84. The van der Waals surface area contributed by atoms with E-state index in [0.29, 0.717) is 5.92 Å². The van der Waals surface area contributed by atoms with Crippen LogP contribution in [0.2, 0.25) is 0 Å². The summed E-state index contributed by atoms with van der Waals surface area (Å²) in [6.45, 7) is 5.60. The minimum atomic E-state index is -2.92. The Balaban J connectivity index is 1.80. The van der Waals surface area contributed by atoms with Crippen LogP contribution >= 0.6 is 0 Å². The van der Waals surface area contributed by atoms with Gasteiger partial charge in [0.15, 0.2) is 0 Å². The van der Waals surface area contributed by atoms with Gasteiger partial charge in [0.25, 0.3) is 0 Å². The predicted molar refractivity (Wildman–Crippen MR) is 64.8 cm³/mol. The summed E-state index contributed by atoms with van der Waals surface area (Å²) in [6, 6.07) is 0. The molecule has 0 unspecified atom stereocenters. The van der Waals surface area contributed by atoms with Crippen molar-refractivity contribution in [3.63, 3.8) is 0 Å². The van der Waals surface area contributed by atoms with Gasteiger partial charge in [-0.25, -0.2) is 12.7 Å². The lowest BCUT2D eigenvalue weighted by Gasteiger charge is -2.31. The molecule has 2 fully saturated rings. The highest BCUT2D eigenvalue weighted by Gasteiger charge is 2.40. The summed E-state index contributed by atoms with van der Waals surface area (Å²) >= 11 is 0. The molecule has 0 spiro atoms. The van der Waals surface area contributed by atoms with Crippen molar-refractivity contribution in [1.29, 1.82) is 0 Å². The van der Waals surface area contributed by atoms with Crippen molar-refractivity contribution >= 4 is 10.0 Å². The van der Waals surface area contributed by atoms with Gasteiger partial charge in [-0.1, -0.05) is 6.92 Å². The highest BCUT2D eigenvalue weighted by atomic mass is 32.2. The Kier molecular flexibility index (Phi) is 3.87. The average Bonchev–Trinajstić information content (AvgIpc) is 3.11. The van der Waals surface area contributed by atoms with Crippen LogP contribution in [-0.2, 0) is 10.0 Å². The number of hydrogen-bond acceptors (Lipinski definition) is 3. The fourth-order valence-corrected chi connectivity index (χ4v) is 4.17. The first-order chi connectivity index (χ1) is 7.64. The van der Waals surface area contributed by atoms with E-state index in [1.165, 1.54) is 0 Å². The van der Waals surface area contributed by atoms with Crippen molar-refractivity contribution in [2.24, 2.45) is 5.92 Å². The van der Waals surface area contributed by atoms with Gasteiger partial charge in [-0.05, 0) is 44.7 Å². The van der Waals surface area contributed by atoms with E-state index in [-0.39, 0.29) is 5.25 Å². The van der Waals surface area contributed by atoms with Gasteiger partial charge in [0.1, 0.15) is 0 Å². The van der Waals surface area contributed by atoms with Gasteiger partial charge in [-0.2, -0.15) is 0 Å². The third-order valence-corrected chi connectivity index (χ3v) is 5.96. The van der Waals surface area contributed by atoms with Gasteiger partial charge < -0.3 is 5.32 Å². The minimum Gasteiger partial charge on any atom is -0.317 e. The highest BCUT2D eigenvalue weighted by molar-refractivity contribution is 7.90. The summed E-state index contributed by atoms with van der Waals surface area (Å²) < 4.78 is 25.7. The molecule has 1 saturated carbocycles. The summed E-state index contributed by atoms with van der Waals surface area (Å²) in [5.74, 6) is 0.658. The predicted octanol–water partition coefficient (Wildman–Crippen LogP) is 0.800. The van der Waals surface area contributed by atoms with Crippen LogP contribution in [0, 0.1) is 5.92 Å². The molecule has 1 N–H and O–H groups in total. The Hall–Kier alpha value is -0.130. The van der Waals surface area contributed by atoms with Gasteiger partial charge in [-0.3, -0.25) is 0 Å². The zero-order valence-corrected chi connectivity index (χ0v) is 10.8. The standard InChI is InChI=1S/C11H22N2O2S/c1-2-12-9-10-5-7-13(8-6-10)16(14,15)11-3-4-11/h10-12H,2-9H2,1H3. The Morgan fingerprint density at radius 2 is 1.81 bits per heavy atom. The monoisotopic (exact) mass is 246 g/mol. The van der Waals surface area contributed by atoms with E-state index in [9.17, 15) is 8.42 Å². The van der Waals surface area contributed by atoms with Crippen LogP contribution in [0.5, 0.6) is 0 Å². The topological polar surface area (TPSA) is 49.4 Å². The molecule has 0 radical (unpaired) electrons. The van der Waals surface area contributed by atoms with Crippen LogP contribution in [0.1, 0.15) is 32.6 Å². The van der Waals surface area contributed by atoms with Crippen molar-refractivity contribution in [2.75, 3.05) is 26.2 Å². The minimum absolute atomic E-state index is 0.0437. The quantitative estimate of drug-likeness (QED) is 0.780. The molecule has 0 aromatic heterocycles. The fourth-order valence-electron chi connectivity index (χ4n) is 2.29. The van der Waals surface area contributed by atoms with Crippen molar-refractivity contribution in [3.05, 3.63) is 0 Å². The molecular formula is C11H22N2O2S. The van der Waals surface area contributed by atoms with E-state index in [1.54, 1.807) is 4.31 Å². The maximum atomic E-state index is 12.0. The van der Waals surface area contributed by atoms with Crippen LogP contribution in [0.4, 0.5) is 0 Å². The molecule has 1 aliphatic carbocycles. The lowest BCUT2D eigenvalue weighted by molar-refractivity contribution is 0.268. The second-order valence-electron chi connectivity index (χ2n) is 4.89. The number of hydrogen-bond donors (Lipinski definition) is 1. The van der Waals surface area contributed by atoms with Gasteiger partial charge in [0.05, 0.1) is 5.25 Å². The summed E-state index contributed by atoms with van der Waals surface area (Å²) in [6.07, 6.45) is 3.78. The normalized spacial score (nSPS) is 24.8. The fraction of sp³-hybridized carbons (Fsp3) is 1.00. The number of nitrogens with one attached hydrogen (secondary N) is 1. The third-order valence-electron chi connectivity index (χ3n) is 3.56. The maximum Gasteiger partial charge on any atom is 0.216 e. The SMILES string of the molecule is CCNCC1CCN(S(=O)(=O)C2CC2)CC1. The highest BCUT2D eigenvalue weighted by Crippen LogP contribution is 2.32. The van der Waals surface area contributed by atoms with E-state index >= 15 is 0 Å². The maximum absolute atomic E-state index is 12.0. The van der Waals surface area contributed by atoms with Crippen LogP contribution in [0.15, 0.2) is 0 Å². The lowest BCUT2D eigenvalue weighted by atomic mass is 9.98. The Bertz CT molecular complexity index is 317. The van der Waals surface area contributed by atoms with Crippen LogP contribution < -0.4 is 5.32 Å². The summed E-state index contributed by atoms with van der Waals surface area (Å²) in [5.41, 5.74) is 0. The number of piperidine rings is 1. The first-order valence-electron chi connectivity index (χ1n) is 6.34. The van der Waals surface area contributed by atoms with Gasteiger partial charge in [-0.15, -0.1) is 0 Å². The average molecular weight is 246 g/mol. The summed E-state index contributed by atoms with van der Waals surface area (Å²) in [7, 11) is -2.92. The molecule has 2 rings (SSSR count). The van der Waals surface area contributed by atoms with Crippen molar-refractivity contribution in [2.45, 2.75) is 37.9 Å². The second kappa shape index (κ2) is 5.02. The van der Waals surface area contributed by atoms with Gasteiger partial charge in [0.2, 0.25) is 10.0 Å². The molecule has 4 nitrogen and oxygen atoms in total. The zero-order valence-electron chi connectivity index (χ0n) is 9.98. The molecule has 0 aromatic carbocycles. The van der Waals surface area contributed by atoms with Crippen LogP contribution in [0.3, 0.4) is 0 Å². The molecule has 1 aliphatic heterocycles. The van der Waals surface area contributed by atoms with Crippen molar-refractivity contribution < 1.29 is 8.42 Å². The molecule has 5 heteroatoms. The van der Waals surface area contributed by atoms with E-state index in [1.807, 2.05) is 0 Å². The molecule has 16 heavy (non-hydrogen) atoms. The molecule has 0 amide bonds. The van der Waals surface area contributed by atoms with E-state index in [2.05, 4.69) is 12.2 Å². The van der Waals surface area contributed by atoms with Crippen LogP contribution in [-0.4, -0.2) is 44.2 Å². The van der Waals surface area contributed by atoms with Crippen molar-refractivity contribution in [1.82, 2.24) is 9.62 Å². The number of nitrogens with zero attached hydrogens (tertiary/aromatic N) is 1. The molecule has 0 bridgehead atoms. The molecule has 0 atom stereocenters. The van der Waals surface area contributed by atoms with E-state index in [4.69, 9.17) is 0 Å². The van der Waals surface area contributed by atoms with Gasteiger partial charge >= 0.3 is 0 Å². The van der Waals surface area contributed by atoms with E-state index < -0.39 is 10.0 Å². The molecule has 1 saturated heterocycles. The Morgan fingerprint density at radius 1 is 1.19 bits per heavy atom. The Morgan fingerprint density at radius 3 is 2.31 bits per heavy atom. The zero-order chi connectivity index (χ0) is 11.6. The second-order valence-corrected chi connectivity index (χ2v) is 7.11. The smallest absolute Gasteiger partial charge is 0.216 e. The van der Waals surface area contributed by atoms with Crippen molar-refractivity contribution in [3.8, 4) is 0 Å². The van der Waals surface area contributed by atoms with Gasteiger partial charge in [0, 0.05) is 13.1 Å². The Labute approximate surface area is 98.4 Å². The summed E-state index contributed by atoms with van der Waals surface area (Å²) in [5, 5.41) is 3.29. The van der Waals surface area contributed by atoms with Crippen LogP contribution in [0.25, 0.3) is 0 Å². The largest absolute Gasteiger partial charge is 0.317 e. The third kappa shape index (κ3) is 2.76. The molecule has 94 valence electrons. The molecule has 1 heterocycles. The molecule has 0 aromatic rings. The lowest BCUT2D eigenvalue weighted by Crippen LogP contribution is -2.42. The first kappa shape index (κ1) is 12.3. The van der Waals surface area contributed by atoms with E-state index in [0.717, 1.165) is 51.9 Å². The molecule has 2 aliphatic rings.